The van der Waals surface area contributed by atoms with Gasteiger partial charge in [0.2, 0.25) is 0 Å². The summed E-state index contributed by atoms with van der Waals surface area (Å²) in [6.07, 6.45) is 4.76. The van der Waals surface area contributed by atoms with E-state index >= 15 is 0 Å². The quantitative estimate of drug-likeness (QED) is 0.882. The summed E-state index contributed by atoms with van der Waals surface area (Å²) in [6.45, 7) is 3.26. The Bertz CT molecular complexity index is 401. The minimum Gasteiger partial charge on any atom is -0.325 e. The van der Waals surface area contributed by atoms with Crippen LogP contribution in [0.1, 0.15) is 44.2 Å². The van der Waals surface area contributed by atoms with E-state index in [1.807, 2.05) is 18.2 Å². The molecule has 0 radical (unpaired) electrons. The smallest absolute Gasteiger partial charge is 0.0409 e. The van der Waals surface area contributed by atoms with Crippen molar-refractivity contribution in [3.05, 3.63) is 34.9 Å². The van der Waals surface area contributed by atoms with E-state index in [9.17, 15) is 0 Å². The molecule has 1 aliphatic carbocycles. The van der Waals surface area contributed by atoms with Crippen LogP contribution in [0.3, 0.4) is 0 Å². The van der Waals surface area contributed by atoms with E-state index in [4.69, 9.17) is 17.3 Å². The molecule has 0 amide bonds. The van der Waals surface area contributed by atoms with Crippen LogP contribution in [0.2, 0.25) is 5.02 Å². The van der Waals surface area contributed by atoms with Gasteiger partial charge in [0.15, 0.2) is 0 Å². The maximum Gasteiger partial charge on any atom is 0.0409 e. The van der Waals surface area contributed by atoms with Crippen molar-refractivity contribution in [2.75, 3.05) is 13.6 Å². The van der Waals surface area contributed by atoms with Crippen molar-refractivity contribution in [2.45, 2.75) is 44.2 Å². The molecule has 0 heterocycles. The summed E-state index contributed by atoms with van der Waals surface area (Å²) in [4.78, 5) is 2.36. The van der Waals surface area contributed by atoms with Gasteiger partial charge in [-0.05, 0) is 57.4 Å². The van der Waals surface area contributed by atoms with E-state index in [0.29, 0.717) is 6.04 Å². The maximum absolute atomic E-state index is 6.27. The molecule has 1 aliphatic rings. The zero-order chi connectivity index (χ0) is 13.2. The number of nitrogens with two attached hydrogens (primary N) is 1. The Hall–Kier alpha value is -0.570. The second kappa shape index (κ2) is 5.60. The summed E-state index contributed by atoms with van der Waals surface area (Å²) in [5.41, 5.74) is 7.65. The molecule has 1 aromatic rings. The van der Waals surface area contributed by atoms with Gasteiger partial charge in [-0.2, -0.15) is 0 Å². The fourth-order valence-corrected chi connectivity index (χ4v) is 2.69. The van der Waals surface area contributed by atoms with Gasteiger partial charge in [-0.1, -0.05) is 23.7 Å². The highest BCUT2D eigenvalue weighted by Crippen LogP contribution is 2.33. The SMILES string of the molecule is CC(c1cccc(Cl)c1)N(C)CCC1(N)CCC1. The topological polar surface area (TPSA) is 29.3 Å². The highest BCUT2D eigenvalue weighted by Gasteiger charge is 2.32. The summed E-state index contributed by atoms with van der Waals surface area (Å²) in [5.74, 6) is 0. The number of nitrogens with zero attached hydrogens (tertiary/aromatic N) is 1. The van der Waals surface area contributed by atoms with E-state index in [1.54, 1.807) is 0 Å². The third kappa shape index (κ3) is 3.25. The maximum atomic E-state index is 6.27. The molecule has 2 rings (SSSR count). The predicted octanol–water partition coefficient (Wildman–Crippen LogP) is 3.60. The van der Waals surface area contributed by atoms with Crippen LogP contribution in [-0.2, 0) is 0 Å². The largest absolute Gasteiger partial charge is 0.325 e. The molecular formula is C15H23ClN2. The van der Waals surface area contributed by atoms with E-state index in [1.165, 1.54) is 24.8 Å². The van der Waals surface area contributed by atoms with Gasteiger partial charge in [-0.3, -0.25) is 4.90 Å². The number of hydrogen-bond acceptors (Lipinski definition) is 2. The molecule has 3 heteroatoms. The third-order valence-corrected chi connectivity index (χ3v) is 4.54. The molecule has 18 heavy (non-hydrogen) atoms. The first-order chi connectivity index (χ1) is 8.50. The Morgan fingerprint density at radius 2 is 2.17 bits per heavy atom. The third-order valence-electron chi connectivity index (χ3n) is 4.30. The van der Waals surface area contributed by atoms with Crippen LogP contribution in [0, 0.1) is 0 Å². The molecule has 1 unspecified atom stereocenters. The number of rotatable bonds is 5. The summed E-state index contributed by atoms with van der Waals surface area (Å²) in [6, 6.07) is 8.49. The van der Waals surface area contributed by atoms with Gasteiger partial charge in [-0.15, -0.1) is 0 Å². The molecule has 1 fully saturated rings. The second-order valence-electron chi connectivity index (χ2n) is 5.68. The molecule has 2 nitrogen and oxygen atoms in total. The minimum atomic E-state index is 0.113. The van der Waals surface area contributed by atoms with Gasteiger partial charge in [0.25, 0.3) is 0 Å². The molecule has 1 atom stereocenters. The first-order valence-electron chi connectivity index (χ1n) is 6.75. The minimum absolute atomic E-state index is 0.113. The molecule has 0 aromatic heterocycles. The van der Waals surface area contributed by atoms with Crippen molar-refractivity contribution in [1.29, 1.82) is 0 Å². The van der Waals surface area contributed by atoms with Crippen LogP contribution < -0.4 is 5.73 Å². The van der Waals surface area contributed by atoms with Crippen molar-refractivity contribution >= 4 is 11.6 Å². The average molecular weight is 267 g/mol. The Morgan fingerprint density at radius 3 is 2.72 bits per heavy atom. The lowest BCUT2D eigenvalue weighted by Gasteiger charge is -2.40. The van der Waals surface area contributed by atoms with Gasteiger partial charge in [-0.25, -0.2) is 0 Å². The van der Waals surface area contributed by atoms with Crippen LogP contribution in [0.4, 0.5) is 0 Å². The van der Waals surface area contributed by atoms with Crippen molar-refractivity contribution in [2.24, 2.45) is 5.73 Å². The van der Waals surface area contributed by atoms with E-state index in [-0.39, 0.29) is 5.54 Å². The zero-order valence-electron chi connectivity index (χ0n) is 11.3. The van der Waals surface area contributed by atoms with Gasteiger partial charge in [0.05, 0.1) is 0 Å². The van der Waals surface area contributed by atoms with Crippen LogP contribution in [0.25, 0.3) is 0 Å². The predicted molar refractivity (Wildman–Crippen MR) is 77.9 cm³/mol. The first kappa shape index (κ1) is 13.9. The second-order valence-corrected chi connectivity index (χ2v) is 6.11. The standard InChI is InChI=1S/C15H23ClN2/c1-12(13-5-3-6-14(16)11-13)18(2)10-9-15(17)7-4-8-15/h3,5-6,11-12H,4,7-10,17H2,1-2H3. The van der Waals surface area contributed by atoms with E-state index in [0.717, 1.165) is 18.0 Å². The van der Waals surface area contributed by atoms with Gasteiger partial charge >= 0.3 is 0 Å². The molecule has 2 N–H and O–H groups in total. The lowest BCUT2D eigenvalue weighted by molar-refractivity contribution is 0.176. The Balaban J connectivity index is 1.90. The van der Waals surface area contributed by atoms with Crippen molar-refractivity contribution in [3.8, 4) is 0 Å². The van der Waals surface area contributed by atoms with E-state index < -0.39 is 0 Å². The summed E-state index contributed by atoms with van der Waals surface area (Å²) < 4.78 is 0. The fourth-order valence-electron chi connectivity index (χ4n) is 2.49. The Labute approximate surface area is 115 Å². The molecule has 1 aromatic carbocycles. The Kier molecular flexibility index (Phi) is 4.31. The Morgan fingerprint density at radius 1 is 1.44 bits per heavy atom. The molecular weight excluding hydrogens is 244 g/mol. The summed E-state index contributed by atoms with van der Waals surface area (Å²) >= 11 is 6.04. The van der Waals surface area contributed by atoms with Crippen LogP contribution >= 0.6 is 11.6 Å². The van der Waals surface area contributed by atoms with Crippen LogP contribution in [0.5, 0.6) is 0 Å². The van der Waals surface area contributed by atoms with Crippen LogP contribution in [-0.4, -0.2) is 24.0 Å². The fraction of sp³-hybridized carbons (Fsp3) is 0.600. The first-order valence-corrected chi connectivity index (χ1v) is 7.13. The monoisotopic (exact) mass is 266 g/mol. The lowest BCUT2D eigenvalue weighted by atomic mass is 9.75. The molecule has 0 aliphatic heterocycles. The zero-order valence-corrected chi connectivity index (χ0v) is 12.1. The number of benzene rings is 1. The van der Waals surface area contributed by atoms with Gasteiger partial charge in [0.1, 0.15) is 0 Å². The summed E-state index contributed by atoms with van der Waals surface area (Å²) in [5, 5.41) is 0.807. The highest BCUT2D eigenvalue weighted by molar-refractivity contribution is 6.30. The van der Waals surface area contributed by atoms with Gasteiger partial charge in [0, 0.05) is 23.1 Å². The average Bonchev–Trinajstić information content (AvgIpc) is 2.32. The van der Waals surface area contributed by atoms with E-state index in [2.05, 4.69) is 24.9 Å². The summed E-state index contributed by atoms with van der Waals surface area (Å²) in [7, 11) is 2.16. The van der Waals surface area contributed by atoms with Crippen molar-refractivity contribution in [3.63, 3.8) is 0 Å². The van der Waals surface area contributed by atoms with Crippen molar-refractivity contribution in [1.82, 2.24) is 4.90 Å². The van der Waals surface area contributed by atoms with Gasteiger partial charge < -0.3 is 5.73 Å². The number of halogens is 1. The normalized spacial score (nSPS) is 19.6. The molecule has 0 spiro atoms. The molecule has 0 saturated heterocycles. The molecule has 1 saturated carbocycles. The lowest BCUT2D eigenvalue weighted by Crippen LogP contribution is -2.48. The molecule has 100 valence electrons. The van der Waals surface area contributed by atoms with Crippen molar-refractivity contribution < 1.29 is 0 Å². The molecule has 0 bridgehead atoms. The highest BCUT2D eigenvalue weighted by atomic mass is 35.5. The number of hydrogen-bond donors (Lipinski definition) is 1. The van der Waals surface area contributed by atoms with Crippen LogP contribution in [0.15, 0.2) is 24.3 Å².